The van der Waals surface area contributed by atoms with E-state index < -0.39 is 17.7 Å². The number of ether oxygens (including phenoxy) is 1. The Bertz CT molecular complexity index is 696. The quantitative estimate of drug-likeness (QED) is 0.722. The molecule has 1 N–H and O–H groups in total. The molecule has 0 saturated heterocycles. The molecular formula is C15H13F3O3S2. The number of benzene rings is 1. The number of rotatable bonds is 6. The van der Waals surface area contributed by atoms with Gasteiger partial charge in [0, 0.05) is 16.2 Å². The number of carbonyl (C=O) groups is 1. The smallest absolute Gasteiger partial charge is 0.416 e. The minimum Gasteiger partial charge on any atom is -0.494 e. The molecule has 0 aliphatic heterocycles. The number of carboxylic acids is 1. The lowest BCUT2D eigenvalue weighted by molar-refractivity contribution is -0.137. The van der Waals surface area contributed by atoms with Crippen LogP contribution in [0, 0.1) is 0 Å². The van der Waals surface area contributed by atoms with Crippen LogP contribution in [0.25, 0.3) is 0 Å². The van der Waals surface area contributed by atoms with E-state index in [2.05, 4.69) is 0 Å². The van der Waals surface area contributed by atoms with Crippen LogP contribution in [-0.4, -0.2) is 17.7 Å². The Hall–Kier alpha value is -1.67. The fourth-order valence-electron chi connectivity index (χ4n) is 1.89. The van der Waals surface area contributed by atoms with E-state index in [0.29, 0.717) is 22.8 Å². The average molecular weight is 362 g/mol. The fourth-order valence-corrected chi connectivity index (χ4v) is 3.84. The minimum atomic E-state index is -4.43. The Morgan fingerprint density at radius 1 is 1.35 bits per heavy atom. The fraction of sp³-hybridized carbons (Fsp3) is 0.267. The van der Waals surface area contributed by atoms with Crippen LogP contribution >= 0.6 is 23.1 Å². The highest BCUT2D eigenvalue weighted by molar-refractivity contribution is 7.98. The van der Waals surface area contributed by atoms with Crippen molar-refractivity contribution in [3.05, 3.63) is 45.6 Å². The zero-order valence-corrected chi connectivity index (χ0v) is 13.6. The van der Waals surface area contributed by atoms with Crippen molar-refractivity contribution in [2.75, 3.05) is 6.61 Å². The second-order valence-corrected chi connectivity index (χ2v) is 6.39. The number of hydrogen-bond acceptors (Lipinski definition) is 4. The van der Waals surface area contributed by atoms with E-state index in [1.54, 1.807) is 18.4 Å². The summed E-state index contributed by atoms with van der Waals surface area (Å²) in [7, 11) is 0. The molecule has 1 aromatic carbocycles. The summed E-state index contributed by atoms with van der Waals surface area (Å²) in [5.74, 6) is -0.479. The van der Waals surface area contributed by atoms with Crippen LogP contribution < -0.4 is 4.74 Å². The highest BCUT2D eigenvalue weighted by Crippen LogP contribution is 2.36. The molecule has 0 radical (unpaired) electrons. The van der Waals surface area contributed by atoms with E-state index in [1.165, 1.54) is 17.8 Å². The molecule has 1 aromatic heterocycles. The lowest BCUT2D eigenvalue weighted by Gasteiger charge is -2.13. The van der Waals surface area contributed by atoms with E-state index in [0.717, 1.165) is 23.5 Å². The molecule has 3 nitrogen and oxygen atoms in total. The Labute approximate surface area is 139 Å². The molecule has 0 fully saturated rings. The molecule has 0 unspecified atom stereocenters. The zero-order chi connectivity index (χ0) is 17.0. The van der Waals surface area contributed by atoms with E-state index in [9.17, 15) is 18.0 Å². The van der Waals surface area contributed by atoms with Crippen LogP contribution in [0.1, 0.15) is 27.7 Å². The first-order chi connectivity index (χ1) is 10.8. The van der Waals surface area contributed by atoms with Gasteiger partial charge in [-0.05, 0) is 36.6 Å². The van der Waals surface area contributed by atoms with Crippen LogP contribution in [0.3, 0.4) is 0 Å². The van der Waals surface area contributed by atoms with Crippen molar-refractivity contribution < 1.29 is 27.8 Å². The number of alkyl halides is 3. The van der Waals surface area contributed by atoms with Crippen molar-refractivity contribution in [1.29, 1.82) is 0 Å². The Balaban J connectivity index is 2.26. The first-order valence-electron chi connectivity index (χ1n) is 6.59. The van der Waals surface area contributed by atoms with Crippen molar-refractivity contribution in [2.24, 2.45) is 0 Å². The number of thiophene rings is 1. The van der Waals surface area contributed by atoms with Crippen molar-refractivity contribution in [3.8, 4) is 5.75 Å². The zero-order valence-electron chi connectivity index (χ0n) is 12.0. The van der Waals surface area contributed by atoms with Crippen molar-refractivity contribution in [2.45, 2.75) is 23.7 Å². The molecule has 0 atom stereocenters. The maximum atomic E-state index is 12.8. The summed E-state index contributed by atoms with van der Waals surface area (Å²) in [5.41, 5.74) is -0.366. The number of hydrogen-bond donors (Lipinski definition) is 1. The first-order valence-corrected chi connectivity index (χ1v) is 8.46. The van der Waals surface area contributed by atoms with E-state index in [4.69, 9.17) is 9.84 Å². The topological polar surface area (TPSA) is 46.5 Å². The summed E-state index contributed by atoms with van der Waals surface area (Å²) >= 11 is 2.26. The summed E-state index contributed by atoms with van der Waals surface area (Å²) in [6.45, 7) is 2.08. The summed E-state index contributed by atoms with van der Waals surface area (Å²) in [6.07, 6.45) is -4.43. The van der Waals surface area contributed by atoms with Crippen LogP contribution in [0.15, 0.2) is 34.5 Å². The third-order valence-corrected chi connectivity index (χ3v) is 5.03. The normalized spacial score (nSPS) is 11.5. The van der Waals surface area contributed by atoms with Crippen molar-refractivity contribution in [3.63, 3.8) is 0 Å². The number of halogens is 3. The molecule has 8 heteroatoms. The van der Waals surface area contributed by atoms with E-state index >= 15 is 0 Å². The van der Waals surface area contributed by atoms with Gasteiger partial charge < -0.3 is 9.84 Å². The first kappa shape index (κ1) is 17.7. The van der Waals surface area contributed by atoms with Crippen LogP contribution in [0.5, 0.6) is 5.75 Å². The predicted molar refractivity (Wildman–Crippen MR) is 83.5 cm³/mol. The van der Waals surface area contributed by atoms with E-state index in [-0.39, 0.29) is 10.6 Å². The average Bonchev–Trinajstić information content (AvgIpc) is 2.94. The summed E-state index contributed by atoms with van der Waals surface area (Å²) in [6, 6.07) is 4.97. The van der Waals surface area contributed by atoms with E-state index in [1.807, 2.05) is 0 Å². The van der Waals surface area contributed by atoms with Crippen molar-refractivity contribution >= 4 is 29.1 Å². The van der Waals surface area contributed by atoms with Gasteiger partial charge in [0.15, 0.2) is 0 Å². The predicted octanol–water partition coefficient (Wildman–Crippen LogP) is 5.16. The third kappa shape index (κ3) is 4.42. The van der Waals surface area contributed by atoms with Gasteiger partial charge in [-0.2, -0.15) is 13.2 Å². The van der Waals surface area contributed by atoms with Gasteiger partial charge in [0.05, 0.1) is 12.2 Å². The highest BCUT2D eigenvalue weighted by atomic mass is 32.2. The van der Waals surface area contributed by atoms with Gasteiger partial charge in [0.25, 0.3) is 0 Å². The molecule has 0 spiro atoms. The maximum Gasteiger partial charge on any atom is 0.416 e. The van der Waals surface area contributed by atoms with Gasteiger partial charge >= 0.3 is 12.1 Å². The highest BCUT2D eigenvalue weighted by Gasteiger charge is 2.31. The second kappa shape index (κ2) is 7.27. The molecule has 0 saturated carbocycles. The lowest BCUT2D eigenvalue weighted by Crippen LogP contribution is -2.06. The lowest BCUT2D eigenvalue weighted by atomic mass is 10.1. The Morgan fingerprint density at radius 3 is 2.70 bits per heavy atom. The molecule has 0 aliphatic rings. The SMILES string of the molecule is CCOc1ccc(C(F)(F)F)cc1CSc1ccsc1C(=O)O. The molecule has 2 aromatic rings. The molecule has 2 rings (SSSR count). The van der Waals surface area contributed by atoms with Crippen LogP contribution in [0.4, 0.5) is 13.2 Å². The van der Waals surface area contributed by atoms with Gasteiger partial charge in [-0.1, -0.05) is 0 Å². The summed E-state index contributed by atoms with van der Waals surface area (Å²) < 4.78 is 43.9. The molecule has 1 heterocycles. The summed E-state index contributed by atoms with van der Waals surface area (Å²) in [5, 5.41) is 10.7. The Kier molecular flexibility index (Phi) is 5.59. The van der Waals surface area contributed by atoms with Crippen LogP contribution in [-0.2, 0) is 11.9 Å². The van der Waals surface area contributed by atoms with Gasteiger partial charge in [-0.3, -0.25) is 0 Å². The monoisotopic (exact) mass is 362 g/mol. The van der Waals surface area contributed by atoms with Gasteiger partial charge in [0.1, 0.15) is 10.6 Å². The number of aromatic carboxylic acids is 1. The second-order valence-electron chi connectivity index (χ2n) is 4.46. The van der Waals surface area contributed by atoms with Crippen LogP contribution in [0.2, 0.25) is 0 Å². The Morgan fingerprint density at radius 2 is 2.09 bits per heavy atom. The molecule has 0 amide bonds. The molecule has 0 aliphatic carbocycles. The molecular weight excluding hydrogens is 349 g/mol. The number of thioether (sulfide) groups is 1. The maximum absolute atomic E-state index is 12.8. The molecule has 23 heavy (non-hydrogen) atoms. The van der Waals surface area contributed by atoms with Gasteiger partial charge in [-0.15, -0.1) is 23.1 Å². The van der Waals surface area contributed by atoms with Gasteiger partial charge in [0.2, 0.25) is 0 Å². The summed E-state index contributed by atoms with van der Waals surface area (Å²) in [4.78, 5) is 11.8. The molecule has 0 bridgehead atoms. The molecule has 124 valence electrons. The third-order valence-electron chi connectivity index (χ3n) is 2.89. The number of carboxylic acid groups (broad SMARTS) is 1. The largest absolute Gasteiger partial charge is 0.494 e. The van der Waals surface area contributed by atoms with Crippen molar-refractivity contribution in [1.82, 2.24) is 0 Å². The van der Waals surface area contributed by atoms with Gasteiger partial charge in [-0.25, -0.2) is 4.79 Å². The standard InChI is InChI=1S/C15H13F3O3S2/c1-2-21-11-4-3-10(15(16,17)18)7-9(11)8-23-12-5-6-22-13(12)14(19)20/h3-7H,2,8H2,1H3,(H,19,20). The minimum absolute atomic E-state index is 0.180.